The Morgan fingerprint density at radius 2 is 1.79 bits per heavy atom. The van der Waals surface area contributed by atoms with Gasteiger partial charge in [-0.25, -0.2) is 0 Å². The van der Waals surface area contributed by atoms with Gasteiger partial charge in [-0.3, -0.25) is 4.79 Å². The normalized spacial score (nSPS) is 17.2. The number of ether oxygens (including phenoxy) is 2. The number of para-hydroxylation sites is 2. The Bertz CT molecular complexity index is 686. The smallest absolute Gasteiger partial charge is 0.229 e. The molecule has 0 radical (unpaired) electrons. The summed E-state index contributed by atoms with van der Waals surface area (Å²) in [6.45, 7) is 3.01. The first-order valence-corrected chi connectivity index (χ1v) is 8.37. The molecule has 0 aromatic heterocycles. The Kier molecular flexibility index (Phi) is 5.04. The predicted octanol–water partition coefficient (Wildman–Crippen LogP) is 3.48. The van der Waals surface area contributed by atoms with E-state index >= 15 is 0 Å². The average molecular weight is 325 g/mol. The summed E-state index contributed by atoms with van der Waals surface area (Å²) in [5.41, 5.74) is 1.06. The number of hydrogen-bond donors (Lipinski definition) is 0. The van der Waals surface area contributed by atoms with Crippen LogP contribution in [0.4, 0.5) is 0 Å². The van der Waals surface area contributed by atoms with Gasteiger partial charge in [-0.2, -0.15) is 0 Å². The first kappa shape index (κ1) is 16.4. The summed E-state index contributed by atoms with van der Waals surface area (Å²) >= 11 is 0. The van der Waals surface area contributed by atoms with Crippen molar-refractivity contribution in [3.05, 3.63) is 60.2 Å². The van der Waals surface area contributed by atoms with Gasteiger partial charge in [-0.05, 0) is 24.1 Å². The van der Waals surface area contributed by atoms with Crippen LogP contribution in [0.3, 0.4) is 0 Å². The van der Waals surface area contributed by atoms with Crippen LogP contribution in [0.5, 0.6) is 11.5 Å². The second kappa shape index (κ2) is 7.39. The molecule has 0 spiro atoms. The fourth-order valence-electron chi connectivity index (χ4n) is 3.05. The van der Waals surface area contributed by atoms with Gasteiger partial charge in [0.05, 0.1) is 12.5 Å². The Labute approximate surface area is 143 Å². The van der Waals surface area contributed by atoms with Crippen molar-refractivity contribution < 1.29 is 14.3 Å². The number of carbonyl (C=O) groups excluding carboxylic acids is 1. The first-order chi connectivity index (χ1) is 11.7. The number of amides is 1. The van der Waals surface area contributed by atoms with E-state index in [2.05, 4.69) is 0 Å². The van der Waals surface area contributed by atoms with Crippen LogP contribution in [0, 0.1) is 0 Å². The monoisotopic (exact) mass is 325 g/mol. The largest absolute Gasteiger partial charge is 0.486 e. The molecule has 126 valence electrons. The van der Waals surface area contributed by atoms with E-state index in [1.165, 1.54) is 0 Å². The third-order valence-corrected chi connectivity index (χ3v) is 4.33. The minimum Gasteiger partial charge on any atom is -0.486 e. The van der Waals surface area contributed by atoms with Crippen molar-refractivity contribution >= 4 is 5.91 Å². The number of rotatable bonds is 5. The summed E-state index contributed by atoms with van der Waals surface area (Å²) in [6, 6.07) is 17.6. The zero-order valence-corrected chi connectivity index (χ0v) is 14.1. The van der Waals surface area contributed by atoms with Crippen LogP contribution in [-0.2, 0) is 4.79 Å². The van der Waals surface area contributed by atoms with Gasteiger partial charge in [-0.1, -0.05) is 49.4 Å². The van der Waals surface area contributed by atoms with Gasteiger partial charge in [0.25, 0.3) is 0 Å². The third kappa shape index (κ3) is 3.53. The number of fused-ring (bicyclic) bond motifs is 1. The van der Waals surface area contributed by atoms with Crippen molar-refractivity contribution in [3.8, 4) is 11.5 Å². The van der Waals surface area contributed by atoms with Crippen LogP contribution < -0.4 is 9.47 Å². The van der Waals surface area contributed by atoms with Crippen molar-refractivity contribution in [1.29, 1.82) is 0 Å². The molecule has 2 aromatic rings. The maximum absolute atomic E-state index is 12.8. The highest BCUT2D eigenvalue weighted by Crippen LogP contribution is 2.31. The molecular weight excluding hydrogens is 302 g/mol. The summed E-state index contributed by atoms with van der Waals surface area (Å²) in [5.74, 6) is 1.50. The molecule has 2 aromatic carbocycles. The van der Waals surface area contributed by atoms with Crippen molar-refractivity contribution in [3.63, 3.8) is 0 Å². The average Bonchev–Trinajstić information content (AvgIpc) is 2.63. The number of benzene rings is 2. The van der Waals surface area contributed by atoms with Crippen molar-refractivity contribution in [2.24, 2.45) is 0 Å². The number of carbonyl (C=O) groups is 1. The van der Waals surface area contributed by atoms with Gasteiger partial charge in [0.2, 0.25) is 5.91 Å². The molecule has 1 aliphatic rings. The Morgan fingerprint density at radius 1 is 1.12 bits per heavy atom. The van der Waals surface area contributed by atoms with Crippen LogP contribution in [0.25, 0.3) is 0 Å². The van der Waals surface area contributed by atoms with Crippen molar-refractivity contribution in [1.82, 2.24) is 4.90 Å². The van der Waals surface area contributed by atoms with E-state index in [-0.39, 0.29) is 17.9 Å². The minimum atomic E-state index is -0.151. The highest BCUT2D eigenvalue weighted by molar-refractivity contribution is 5.83. The summed E-state index contributed by atoms with van der Waals surface area (Å²) in [5, 5.41) is 0. The van der Waals surface area contributed by atoms with E-state index < -0.39 is 0 Å². The van der Waals surface area contributed by atoms with Crippen LogP contribution in [0.15, 0.2) is 54.6 Å². The fraction of sp³-hybridized carbons (Fsp3) is 0.350. The van der Waals surface area contributed by atoms with E-state index in [4.69, 9.17) is 9.47 Å². The molecule has 0 saturated heterocycles. The molecule has 4 heteroatoms. The Balaban J connectivity index is 1.64. The van der Waals surface area contributed by atoms with Gasteiger partial charge in [0, 0.05) is 7.05 Å². The SMILES string of the molecule is CC[C@@H](C(=O)N(C)C[C@@H]1COc2ccccc2O1)c1ccccc1. The molecule has 24 heavy (non-hydrogen) atoms. The maximum atomic E-state index is 12.8. The van der Waals surface area contributed by atoms with E-state index in [9.17, 15) is 4.79 Å². The molecule has 0 unspecified atom stereocenters. The fourth-order valence-corrected chi connectivity index (χ4v) is 3.05. The van der Waals surface area contributed by atoms with E-state index in [0.29, 0.717) is 13.2 Å². The number of likely N-dealkylation sites (N-methyl/N-ethyl adjacent to an activating group) is 1. The van der Waals surface area contributed by atoms with Crippen LogP contribution in [-0.4, -0.2) is 37.1 Å². The standard InChI is InChI=1S/C20H23NO3/c1-3-17(15-9-5-4-6-10-15)20(22)21(2)13-16-14-23-18-11-7-8-12-19(18)24-16/h4-12,16-17H,3,13-14H2,1-2H3/t16-,17-/m1/s1. The summed E-state index contributed by atoms with van der Waals surface area (Å²) in [4.78, 5) is 14.6. The van der Waals surface area contributed by atoms with Gasteiger partial charge in [0.1, 0.15) is 6.61 Å². The molecule has 0 aliphatic carbocycles. The van der Waals surface area contributed by atoms with Crippen molar-refractivity contribution in [2.45, 2.75) is 25.4 Å². The highest BCUT2D eigenvalue weighted by Gasteiger charge is 2.27. The lowest BCUT2D eigenvalue weighted by Gasteiger charge is -2.31. The molecule has 1 aliphatic heterocycles. The molecular formula is C20H23NO3. The lowest BCUT2D eigenvalue weighted by atomic mass is 9.95. The quantitative estimate of drug-likeness (QED) is 0.845. The number of hydrogen-bond acceptors (Lipinski definition) is 3. The molecule has 4 nitrogen and oxygen atoms in total. The molecule has 3 rings (SSSR count). The Hall–Kier alpha value is -2.49. The molecule has 0 N–H and O–H groups in total. The summed E-state index contributed by atoms with van der Waals surface area (Å²) in [6.07, 6.45) is 0.625. The molecule has 0 fully saturated rings. The topological polar surface area (TPSA) is 38.8 Å². The molecule has 1 heterocycles. The molecule has 2 atom stereocenters. The lowest BCUT2D eigenvalue weighted by Crippen LogP contribution is -2.43. The Morgan fingerprint density at radius 3 is 2.50 bits per heavy atom. The lowest BCUT2D eigenvalue weighted by molar-refractivity contribution is -0.133. The predicted molar refractivity (Wildman–Crippen MR) is 93.5 cm³/mol. The molecule has 1 amide bonds. The van der Waals surface area contributed by atoms with Crippen molar-refractivity contribution in [2.75, 3.05) is 20.2 Å². The zero-order chi connectivity index (χ0) is 16.9. The minimum absolute atomic E-state index is 0.117. The van der Waals surface area contributed by atoms with Gasteiger partial charge >= 0.3 is 0 Å². The second-order valence-electron chi connectivity index (χ2n) is 6.09. The first-order valence-electron chi connectivity index (χ1n) is 8.37. The second-order valence-corrected chi connectivity index (χ2v) is 6.09. The van der Waals surface area contributed by atoms with Gasteiger partial charge < -0.3 is 14.4 Å². The summed E-state index contributed by atoms with van der Waals surface area (Å²) < 4.78 is 11.7. The van der Waals surface area contributed by atoms with Crippen LogP contribution >= 0.6 is 0 Å². The van der Waals surface area contributed by atoms with E-state index in [0.717, 1.165) is 23.5 Å². The number of nitrogens with zero attached hydrogens (tertiary/aromatic N) is 1. The van der Waals surface area contributed by atoms with Gasteiger partial charge in [0.15, 0.2) is 17.6 Å². The molecule has 0 saturated carbocycles. The van der Waals surface area contributed by atoms with Crippen LogP contribution in [0.1, 0.15) is 24.8 Å². The van der Waals surface area contributed by atoms with E-state index in [1.54, 1.807) is 4.90 Å². The third-order valence-electron chi connectivity index (χ3n) is 4.33. The van der Waals surface area contributed by atoms with Crippen LogP contribution in [0.2, 0.25) is 0 Å². The summed E-state index contributed by atoms with van der Waals surface area (Å²) in [7, 11) is 1.83. The van der Waals surface area contributed by atoms with Gasteiger partial charge in [-0.15, -0.1) is 0 Å². The molecule has 0 bridgehead atoms. The highest BCUT2D eigenvalue weighted by atomic mass is 16.6. The van der Waals surface area contributed by atoms with E-state index in [1.807, 2.05) is 68.6 Å². The maximum Gasteiger partial charge on any atom is 0.229 e. The zero-order valence-electron chi connectivity index (χ0n) is 14.1.